The molecule has 2 atom stereocenters. The van der Waals surface area contributed by atoms with Crippen LogP contribution in [-0.4, -0.2) is 43.1 Å². The highest BCUT2D eigenvalue weighted by Gasteiger charge is 2.52. The fraction of sp³-hybridized carbons (Fsp3) is 0.227. The van der Waals surface area contributed by atoms with E-state index in [0.717, 1.165) is 0 Å². The summed E-state index contributed by atoms with van der Waals surface area (Å²) in [4.78, 5) is 39.8. The summed E-state index contributed by atoms with van der Waals surface area (Å²) in [6.45, 7) is -0.0836. The first-order valence-corrected chi connectivity index (χ1v) is 8.63. The van der Waals surface area contributed by atoms with Gasteiger partial charge in [-0.3, -0.25) is 14.4 Å². The lowest BCUT2D eigenvalue weighted by Gasteiger charge is -2.26. The Bertz CT molecular complexity index is 958. The molecular formula is C22H19NO5. The zero-order chi connectivity index (χ0) is 20.3. The number of methoxy groups -OCH3 is 2. The molecule has 1 fully saturated rings. The maximum atomic E-state index is 13.2. The third-order valence-electron chi connectivity index (χ3n) is 4.78. The molecule has 3 rings (SSSR count). The second-order valence-corrected chi connectivity index (χ2v) is 6.26. The Labute approximate surface area is 163 Å². The van der Waals surface area contributed by atoms with Gasteiger partial charge in [0.15, 0.2) is 5.78 Å². The number of para-hydroxylation sites is 1. The average molecular weight is 377 g/mol. The number of nitrogens with zero attached hydrogens (tertiary/aromatic N) is 1. The first-order chi connectivity index (χ1) is 13.5. The van der Waals surface area contributed by atoms with E-state index in [-0.39, 0.29) is 6.54 Å². The number of terminal acetylenes is 1. The van der Waals surface area contributed by atoms with E-state index in [1.807, 2.05) is 0 Å². The fourth-order valence-corrected chi connectivity index (χ4v) is 3.45. The Kier molecular flexibility index (Phi) is 5.46. The Morgan fingerprint density at radius 1 is 1.07 bits per heavy atom. The highest BCUT2D eigenvalue weighted by molar-refractivity contribution is 6.44. The van der Waals surface area contributed by atoms with Crippen LogP contribution in [-0.2, 0) is 9.59 Å². The van der Waals surface area contributed by atoms with Gasteiger partial charge >= 0.3 is 0 Å². The number of benzene rings is 2. The first kappa shape index (κ1) is 19.2. The molecule has 0 aromatic heterocycles. The van der Waals surface area contributed by atoms with Crippen LogP contribution in [0.25, 0.3) is 0 Å². The maximum absolute atomic E-state index is 13.2. The SMILES string of the molecule is C#CCN1C(=O)C(=O)C(C(=O)c2ccc(OC)cc2)C1c1ccccc1OC. The van der Waals surface area contributed by atoms with Crippen molar-refractivity contribution in [2.45, 2.75) is 6.04 Å². The number of hydrogen-bond acceptors (Lipinski definition) is 5. The van der Waals surface area contributed by atoms with Crippen LogP contribution in [0.4, 0.5) is 0 Å². The van der Waals surface area contributed by atoms with Crippen LogP contribution in [0.5, 0.6) is 11.5 Å². The minimum atomic E-state index is -1.20. The number of rotatable bonds is 6. The first-order valence-electron chi connectivity index (χ1n) is 8.63. The zero-order valence-electron chi connectivity index (χ0n) is 15.5. The van der Waals surface area contributed by atoms with Gasteiger partial charge in [0.1, 0.15) is 17.4 Å². The molecular weight excluding hydrogens is 358 g/mol. The largest absolute Gasteiger partial charge is 0.497 e. The number of Topliss-reactive ketones (excluding diaryl/α,β-unsaturated/α-hetero) is 2. The van der Waals surface area contributed by atoms with Crippen molar-refractivity contribution in [3.05, 3.63) is 59.7 Å². The molecule has 6 heteroatoms. The quantitative estimate of drug-likeness (QED) is 0.334. The second-order valence-electron chi connectivity index (χ2n) is 6.26. The normalized spacial score (nSPS) is 18.7. The Morgan fingerprint density at radius 3 is 2.36 bits per heavy atom. The molecule has 1 aliphatic rings. The Balaban J connectivity index is 2.10. The lowest BCUT2D eigenvalue weighted by molar-refractivity contribution is -0.140. The molecule has 0 N–H and O–H groups in total. The number of carbonyl (C=O) groups is 3. The van der Waals surface area contributed by atoms with E-state index < -0.39 is 29.4 Å². The predicted molar refractivity (Wildman–Crippen MR) is 102 cm³/mol. The van der Waals surface area contributed by atoms with Crippen molar-refractivity contribution in [2.24, 2.45) is 5.92 Å². The van der Waals surface area contributed by atoms with Crippen molar-refractivity contribution < 1.29 is 23.9 Å². The molecule has 0 radical (unpaired) electrons. The van der Waals surface area contributed by atoms with E-state index in [4.69, 9.17) is 15.9 Å². The van der Waals surface area contributed by atoms with Gasteiger partial charge in [-0.1, -0.05) is 24.1 Å². The van der Waals surface area contributed by atoms with Gasteiger partial charge in [0.2, 0.25) is 5.78 Å². The van der Waals surface area contributed by atoms with Crippen LogP contribution in [0.3, 0.4) is 0 Å². The molecule has 142 valence electrons. The van der Waals surface area contributed by atoms with Crippen molar-refractivity contribution in [3.8, 4) is 23.8 Å². The molecule has 2 aromatic carbocycles. The summed E-state index contributed by atoms with van der Waals surface area (Å²) < 4.78 is 10.5. The van der Waals surface area contributed by atoms with Crippen molar-refractivity contribution in [3.63, 3.8) is 0 Å². The van der Waals surface area contributed by atoms with Gasteiger partial charge in [-0.2, -0.15) is 0 Å². The number of ketones is 2. The Morgan fingerprint density at radius 2 is 1.75 bits per heavy atom. The number of likely N-dealkylation sites (tertiary alicyclic amines) is 1. The van der Waals surface area contributed by atoms with Crippen LogP contribution in [0.15, 0.2) is 48.5 Å². The molecule has 1 aliphatic heterocycles. The Hall–Kier alpha value is -3.59. The molecule has 1 amide bonds. The van der Waals surface area contributed by atoms with E-state index >= 15 is 0 Å². The number of carbonyl (C=O) groups excluding carboxylic acids is 3. The van der Waals surface area contributed by atoms with Gasteiger partial charge in [0.05, 0.1) is 26.8 Å². The lowest BCUT2D eigenvalue weighted by atomic mass is 9.86. The summed E-state index contributed by atoms with van der Waals surface area (Å²) in [5.74, 6) is 0.271. The van der Waals surface area contributed by atoms with Crippen LogP contribution >= 0.6 is 0 Å². The highest BCUT2D eigenvalue weighted by atomic mass is 16.5. The van der Waals surface area contributed by atoms with Gasteiger partial charge < -0.3 is 14.4 Å². The summed E-state index contributed by atoms with van der Waals surface area (Å²) in [7, 11) is 3.01. The van der Waals surface area contributed by atoms with E-state index in [1.54, 1.807) is 48.5 Å². The second kappa shape index (κ2) is 7.97. The molecule has 1 heterocycles. The molecule has 0 aliphatic carbocycles. The molecule has 0 bridgehead atoms. The molecule has 6 nitrogen and oxygen atoms in total. The smallest absolute Gasteiger partial charge is 0.292 e. The summed E-state index contributed by atoms with van der Waals surface area (Å²) in [6.07, 6.45) is 5.41. The molecule has 28 heavy (non-hydrogen) atoms. The van der Waals surface area contributed by atoms with E-state index in [9.17, 15) is 14.4 Å². The van der Waals surface area contributed by atoms with Crippen molar-refractivity contribution >= 4 is 17.5 Å². The third kappa shape index (κ3) is 3.23. The van der Waals surface area contributed by atoms with Crippen LogP contribution in [0, 0.1) is 18.3 Å². The summed E-state index contributed by atoms with van der Waals surface area (Å²) in [5, 5.41) is 0. The van der Waals surface area contributed by atoms with E-state index in [0.29, 0.717) is 22.6 Å². The monoisotopic (exact) mass is 377 g/mol. The van der Waals surface area contributed by atoms with Gasteiger partial charge in [-0.05, 0) is 30.3 Å². The van der Waals surface area contributed by atoms with Crippen LogP contribution in [0.1, 0.15) is 22.0 Å². The van der Waals surface area contributed by atoms with Crippen molar-refractivity contribution in [2.75, 3.05) is 20.8 Å². The minimum absolute atomic E-state index is 0.0836. The van der Waals surface area contributed by atoms with Crippen LogP contribution < -0.4 is 9.47 Å². The average Bonchev–Trinajstić information content (AvgIpc) is 2.98. The number of ether oxygens (including phenoxy) is 2. The van der Waals surface area contributed by atoms with E-state index in [1.165, 1.54) is 19.1 Å². The maximum Gasteiger partial charge on any atom is 0.292 e. The summed E-state index contributed by atoms with van der Waals surface area (Å²) in [5.41, 5.74) is 0.876. The van der Waals surface area contributed by atoms with Crippen molar-refractivity contribution in [1.29, 1.82) is 0 Å². The highest BCUT2D eigenvalue weighted by Crippen LogP contribution is 2.41. The zero-order valence-corrected chi connectivity index (χ0v) is 15.5. The van der Waals surface area contributed by atoms with Crippen LogP contribution in [0.2, 0.25) is 0 Å². The molecule has 0 spiro atoms. The van der Waals surface area contributed by atoms with Gasteiger partial charge in [0, 0.05) is 11.1 Å². The topological polar surface area (TPSA) is 72.9 Å². The molecule has 2 unspecified atom stereocenters. The number of hydrogen-bond donors (Lipinski definition) is 0. The molecule has 2 aromatic rings. The van der Waals surface area contributed by atoms with Crippen molar-refractivity contribution in [1.82, 2.24) is 4.90 Å². The number of amides is 1. The fourth-order valence-electron chi connectivity index (χ4n) is 3.45. The van der Waals surface area contributed by atoms with Gasteiger partial charge in [0.25, 0.3) is 5.91 Å². The van der Waals surface area contributed by atoms with Gasteiger partial charge in [-0.15, -0.1) is 6.42 Å². The standard InChI is InChI=1S/C22H19NO5/c1-4-13-23-19(16-7-5-6-8-17(16)28-3)18(21(25)22(23)26)20(24)14-9-11-15(27-2)12-10-14/h1,5-12,18-19H,13H2,2-3H3. The van der Waals surface area contributed by atoms with Gasteiger partial charge in [-0.25, -0.2) is 0 Å². The minimum Gasteiger partial charge on any atom is -0.497 e. The lowest BCUT2D eigenvalue weighted by Crippen LogP contribution is -2.31. The predicted octanol–water partition coefficient (Wildman–Crippen LogP) is 2.29. The van der Waals surface area contributed by atoms with E-state index in [2.05, 4.69) is 5.92 Å². The summed E-state index contributed by atoms with van der Waals surface area (Å²) >= 11 is 0. The third-order valence-corrected chi connectivity index (χ3v) is 4.78. The summed E-state index contributed by atoms with van der Waals surface area (Å²) in [6, 6.07) is 12.5. The molecule has 1 saturated heterocycles. The molecule has 0 saturated carbocycles.